The number of hydrogen-bond acceptors (Lipinski definition) is 1. The molecule has 3 heteroatoms. The molecule has 0 fully saturated rings. The molecule has 0 atom stereocenters. The van der Waals surface area contributed by atoms with Gasteiger partial charge in [0.15, 0.2) is 0 Å². The summed E-state index contributed by atoms with van der Waals surface area (Å²) in [6.07, 6.45) is 0. The van der Waals surface area contributed by atoms with Gasteiger partial charge in [0.05, 0.1) is 0 Å². The average molecular weight is 212 g/mol. The predicted octanol–water partition coefficient (Wildman–Crippen LogP) is 2.51. The molecule has 1 aromatic carbocycles. The Morgan fingerprint density at radius 2 is 1.86 bits per heavy atom. The van der Waals surface area contributed by atoms with Gasteiger partial charge in [0.25, 0.3) is 0 Å². The first kappa shape index (κ1) is 11.1. The number of anilines is 1. The molecule has 0 N–H and O–H groups in total. The molecule has 0 aliphatic heterocycles. The van der Waals surface area contributed by atoms with Crippen LogP contribution in [0.2, 0.25) is 0 Å². The van der Waals surface area contributed by atoms with Gasteiger partial charge in [0.1, 0.15) is 5.88 Å². The summed E-state index contributed by atoms with van der Waals surface area (Å²) in [6.45, 7) is 3.97. The summed E-state index contributed by atoms with van der Waals surface area (Å²) in [7, 11) is 1.75. The molecule has 14 heavy (non-hydrogen) atoms. The third-order valence-corrected chi connectivity index (χ3v) is 2.49. The van der Waals surface area contributed by atoms with Gasteiger partial charge in [0.2, 0.25) is 5.91 Å². The lowest BCUT2D eigenvalue weighted by Crippen LogP contribution is -2.28. The Morgan fingerprint density at radius 3 is 2.29 bits per heavy atom. The van der Waals surface area contributed by atoms with Gasteiger partial charge < -0.3 is 4.90 Å². The number of alkyl halides is 1. The molecule has 0 radical (unpaired) electrons. The molecule has 0 bridgehead atoms. The minimum Gasteiger partial charge on any atom is -0.314 e. The quantitative estimate of drug-likeness (QED) is 0.689. The number of rotatable bonds is 2. The molecule has 1 rings (SSSR count). The summed E-state index contributed by atoms with van der Waals surface area (Å²) in [5, 5.41) is 0. The van der Waals surface area contributed by atoms with Crippen molar-refractivity contribution in [3.63, 3.8) is 0 Å². The molecule has 0 unspecified atom stereocenters. The van der Waals surface area contributed by atoms with Crippen LogP contribution in [-0.4, -0.2) is 18.8 Å². The van der Waals surface area contributed by atoms with E-state index in [1.54, 1.807) is 11.9 Å². The number of nitrogens with zero attached hydrogens (tertiary/aromatic N) is 1. The van der Waals surface area contributed by atoms with Gasteiger partial charge in [-0.3, -0.25) is 4.79 Å². The van der Waals surface area contributed by atoms with Gasteiger partial charge in [-0.15, -0.1) is 11.6 Å². The maximum absolute atomic E-state index is 11.4. The van der Waals surface area contributed by atoms with Crippen molar-refractivity contribution in [1.82, 2.24) is 0 Å². The Balaban J connectivity index is 3.11. The highest BCUT2D eigenvalue weighted by molar-refractivity contribution is 6.29. The molecule has 1 amide bonds. The van der Waals surface area contributed by atoms with Gasteiger partial charge in [-0.25, -0.2) is 0 Å². The highest BCUT2D eigenvalue weighted by atomic mass is 35.5. The lowest BCUT2D eigenvalue weighted by Gasteiger charge is -2.20. The molecule has 1 aromatic rings. The highest BCUT2D eigenvalue weighted by Gasteiger charge is 2.13. The number of amides is 1. The van der Waals surface area contributed by atoms with Gasteiger partial charge in [-0.1, -0.05) is 18.2 Å². The first-order chi connectivity index (χ1) is 6.57. The highest BCUT2D eigenvalue weighted by Crippen LogP contribution is 2.23. The van der Waals surface area contributed by atoms with E-state index in [0.29, 0.717) is 0 Å². The maximum Gasteiger partial charge on any atom is 0.241 e. The van der Waals surface area contributed by atoms with E-state index < -0.39 is 0 Å². The predicted molar refractivity (Wildman–Crippen MR) is 60.0 cm³/mol. The third kappa shape index (κ3) is 2.07. The van der Waals surface area contributed by atoms with Crippen LogP contribution in [0.5, 0.6) is 0 Å². The SMILES string of the molecule is Cc1cccc(C)c1N(C)C(=O)CCl. The van der Waals surface area contributed by atoms with Crippen molar-refractivity contribution < 1.29 is 4.79 Å². The molecule has 0 saturated carbocycles. The normalized spacial score (nSPS) is 10.0. The van der Waals surface area contributed by atoms with E-state index in [1.165, 1.54) is 0 Å². The molecule has 0 heterocycles. The summed E-state index contributed by atoms with van der Waals surface area (Å²) < 4.78 is 0. The number of halogens is 1. The summed E-state index contributed by atoms with van der Waals surface area (Å²) in [5.41, 5.74) is 3.13. The lowest BCUT2D eigenvalue weighted by atomic mass is 10.1. The Kier molecular flexibility index (Phi) is 3.53. The molecule has 2 nitrogen and oxygen atoms in total. The zero-order valence-corrected chi connectivity index (χ0v) is 9.43. The van der Waals surface area contributed by atoms with Gasteiger partial charge >= 0.3 is 0 Å². The van der Waals surface area contributed by atoms with E-state index in [1.807, 2.05) is 32.0 Å². The van der Waals surface area contributed by atoms with Crippen molar-refractivity contribution in [3.05, 3.63) is 29.3 Å². The molecule has 0 saturated heterocycles. The minimum absolute atomic E-state index is 0.0181. The topological polar surface area (TPSA) is 20.3 Å². The zero-order valence-electron chi connectivity index (χ0n) is 8.67. The first-order valence-electron chi connectivity index (χ1n) is 4.46. The van der Waals surface area contributed by atoms with Crippen LogP contribution in [0.3, 0.4) is 0 Å². The second kappa shape index (κ2) is 4.47. The van der Waals surface area contributed by atoms with Crippen LogP contribution in [0.15, 0.2) is 18.2 Å². The smallest absolute Gasteiger partial charge is 0.241 e. The number of para-hydroxylation sites is 1. The van der Waals surface area contributed by atoms with Gasteiger partial charge in [-0.2, -0.15) is 0 Å². The monoisotopic (exact) mass is 211 g/mol. The minimum atomic E-state index is -0.0796. The maximum atomic E-state index is 11.4. The Hall–Kier alpha value is -1.02. The summed E-state index contributed by atoms with van der Waals surface area (Å²) in [4.78, 5) is 13.0. The van der Waals surface area contributed by atoms with Crippen LogP contribution >= 0.6 is 11.6 Å². The fourth-order valence-electron chi connectivity index (χ4n) is 1.55. The van der Waals surface area contributed by atoms with E-state index >= 15 is 0 Å². The Bertz CT molecular complexity index is 329. The van der Waals surface area contributed by atoms with Crippen molar-refractivity contribution in [2.45, 2.75) is 13.8 Å². The largest absolute Gasteiger partial charge is 0.314 e. The summed E-state index contributed by atoms with van der Waals surface area (Å²) in [6, 6.07) is 5.95. The Morgan fingerprint density at radius 1 is 1.36 bits per heavy atom. The van der Waals surface area contributed by atoms with Gasteiger partial charge in [-0.05, 0) is 25.0 Å². The van der Waals surface area contributed by atoms with Crippen molar-refractivity contribution in [2.75, 3.05) is 17.8 Å². The van der Waals surface area contributed by atoms with Crippen molar-refractivity contribution in [2.24, 2.45) is 0 Å². The second-order valence-corrected chi connectivity index (χ2v) is 3.59. The molecule has 76 valence electrons. The van der Waals surface area contributed by atoms with E-state index in [2.05, 4.69) is 0 Å². The number of carbonyl (C=O) groups is 1. The summed E-state index contributed by atoms with van der Waals surface area (Å²) >= 11 is 5.51. The molecular weight excluding hydrogens is 198 g/mol. The fraction of sp³-hybridized carbons (Fsp3) is 0.364. The fourth-order valence-corrected chi connectivity index (χ4v) is 1.73. The van der Waals surface area contributed by atoms with Crippen LogP contribution < -0.4 is 4.90 Å². The van der Waals surface area contributed by atoms with Crippen molar-refractivity contribution in [3.8, 4) is 0 Å². The van der Waals surface area contributed by atoms with Crippen LogP contribution in [0.1, 0.15) is 11.1 Å². The van der Waals surface area contributed by atoms with Crippen LogP contribution in [0.25, 0.3) is 0 Å². The number of hydrogen-bond donors (Lipinski definition) is 0. The average Bonchev–Trinajstić information content (AvgIpc) is 2.16. The van der Waals surface area contributed by atoms with Crippen molar-refractivity contribution >= 4 is 23.2 Å². The van der Waals surface area contributed by atoms with E-state index in [4.69, 9.17) is 11.6 Å². The van der Waals surface area contributed by atoms with Crippen LogP contribution in [0.4, 0.5) is 5.69 Å². The molecule has 0 aliphatic rings. The third-order valence-electron chi connectivity index (χ3n) is 2.26. The van der Waals surface area contributed by atoms with Crippen LogP contribution in [-0.2, 0) is 4.79 Å². The van der Waals surface area contributed by atoms with E-state index in [0.717, 1.165) is 16.8 Å². The molecule has 0 aliphatic carbocycles. The Labute approximate surface area is 89.5 Å². The zero-order chi connectivity index (χ0) is 10.7. The molecular formula is C11H14ClNO. The van der Waals surface area contributed by atoms with E-state index in [-0.39, 0.29) is 11.8 Å². The first-order valence-corrected chi connectivity index (χ1v) is 5.00. The van der Waals surface area contributed by atoms with Gasteiger partial charge in [0, 0.05) is 12.7 Å². The molecule has 0 aromatic heterocycles. The standard InChI is InChI=1S/C11H14ClNO/c1-8-5-4-6-9(2)11(8)13(3)10(14)7-12/h4-6H,7H2,1-3H3. The van der Waals surface area contributed by atoms with Crippen molar-refractivity contribution in [1.29, 1.82) is 0 Å². The number of aryl methyl sites for hydroxylation is 2. The second-order valence-electron chi connectivity index (χ2n) is 3.33. The number of benzene rings is 1. The lowest BCUT2D eigenvalue weighted by molar-refractivity contribution is -0.116. The van der Waals surface area contributed by atoms with E-state index in [9.17, 15) is 4.79 Å². The molecule has 0 spiro atoms. The number of carbonyl (C=O) groups excluding carboxylic acids is 1. The van der Waals surface area contributed by atoms with Crippen LogP contribution in [0, 0.1) is 13.8 Å². The summed E-state index contributed by atoms with van der Waals surface area (Å²) in [5.74, 6) is -0.0614.